The van der Waals surface area contributed by atoms with Crippen LogP contribution in [0.5, 0.6) is 11.5 Å². The lowest BCUT2D eigenvalue weighted by Crippen LogP contribution is -2.32. The molecule has 8 heteroatoms. The second-order valence-electron chi connectivity index (χ2n) is 9.52. The Morgan fingerprint density at radius 3 is 2.38 bits per heavy atom. The number of para-hydroxylation sites is 1. The number of aryl methyl sites for hydroxylation is 3. The fourth-order valence-electron chi connectivity index (χ4n) is 4.71. The summed E-state index contributed by atoms with van der Waals surface area (Å²) in [7, 11) is -0.590. The van der Waals surface area contributed by atoms with E-state index in [9.17, 15) is 13.2 Å². The van der Waals surface area contributed by atoms with Crippen LogP contribution in [0.4, 0.5) is 0 Å². The molecule has 4 rings (SSSR count). The third-order valence-corrected chi connectivity index (χ3v) is 8.31. The molecule has 0 spiro atoms. The van der Waals surface area contributed by atoms with Crippen LogP contribution in [-0.4, -0.2) is 58.7 Å². The molecule has 37 heavy (non-hydrogen) atoms. The summed E-state index contributed by atoms with van der Waals surface area (Å²) in [5.74, 6) is 0.607. The number of rotatable bonds is 8. The van der Waals surface area contributed by atoms with Crippen molar-refractivity contribution < 1.29 is 27.4 Å². The highest BCUT2D eigenvalue weighted by Crippen LogP contribution is 2.29. The number of amides is 1. The summed E-state index contributed by atoms with van der Waals surface area (Å²) in [6.45, 7) is 6.57. The van der Waals surface area contributed by atoms with Crippen molar-refractivity contribution in [2.45, 2.75) is 43.6 Å². The van der Waals surface area contributed by atoms with Gasteiger partial charge in [-0.1, -0.05) is 35.9 Å². The molecule has 1 fully saturated rings. The Morgan fingerprint density at radius 1 is 0.919 bits per heavy atom. The number of sulfone groups is 1. The molecule has 7 nitrogen and oxygen atoms in total. The first-order valence-electron chi connectivity index (χ1n) is 12.1. The minimum atomic E-state index is -3.65. The highest BCUT2D eigenvalue weighted by Gasteiger charge is 2.38. The summed E-state index contributed by atoms with van der Waals surface area (Å²) < 4.78 is 43.5. The van der Waals surface area contributed by atoms with Gasteiger partial charge in [-0.15, -0.1) is 0 Å². The molecule has 0 saturated carbocycles. The maximum atomic E-state index is 13.3. The summed E-state index contributed by atoms with van der Waals surface area (Å²) in [5, 5.41) is 0. The molecular weight excluding hydrogens is 490 g/mol. The van der Waals surface area contributed by atoms with Crippen molar-refractivity contribution in [3.8, 4) is 11.5 Å². The third-order valence-electron chi connectivity index (χ3n) is 6.59. The zero-order valence-corrected chi connectivity index (χ0v) is 22.7. The standard InChI is InChI=1S/C29H33NO6S/c1-19-10-11-21(3)24(14-19)29(31)30-16-26(35-5)27(17-30)36-23-13-20(2)12-22(15-23)18-37(32,33)28-9-7-6-8-25(28)34-4/h6-15,26-27H,16-18H2,1-5H3. The van der Waals surface area contributed by atoms with Crippen LogP contribution in [0.25, 0.3) is 0 Å². The molecule has 196 valence electrons. The Labute approximate surface area is 218 Å². The van der Waals surface area contributed by atoms with E-state index in [2.05, 4.69) is 0 Å². The van der Waals surface area contributed by atoms with Crippen molar-refractivity contribution >= 4 is 15.7 Å². The van der Waals surface area contributed by atoms with Crippen LogP contribution in [0, 0.1) is 20.8 Å². The highest BCUT2D eigenvalue weighted by atomic mass is 32.2. The van der Waals surface area contributed by atoms with Gasteiger partial charge in [-0.2, -0.15) is 0 Å². The summed E-state index contributed by atoms with van der Waals surface area (Å²) in [6.07, 6.45) is -0.699. The minimum absolute atomic E-state index is 0.0535. The van der Waals surface area contributed by atoms with Crippen LogP contribution in [0.1, 0.15) is 32.6 Å². The van der Waals surface area contributed by atoms with Crippen LogP contribution in [0.2, 0.25) is 0 Å². The first-order chi connectivity index (χ1) is 17.6. The second-order valence-corrected chi connectivity index (χ2v) is 11.5. The molecule has 0 aromatic heterocycles. The van der Waals surface area contributed by atoms with Crippen LogP contribution >= 0.6 is 0 Å². The van der Waals surface area contributed by atoms with E-state index in [1.165, 1.54) is 7.11 Å². The molecule has 0 radical (unpaired) electrons. The molecule has 1 aliphatic heterocycles. The number of likely N-dealkylation sites (tertiary alicyclic amines) is 1. The van der Waals surface area contributed by atoms with E-state index >= 15 is 0 Å². The van der Waals surface area contributed by atoms with Gasteiger partial charge >= 0.3 is 0 Å². The molecule has 0 aliphatic carbocycles. The smallest absolute Gasteiger partial charge is 0.254 e. The molecule has 0 bridgehead atoms. The summed E-state index contributed by atoms with van der Waals surface area (Å²) in [5.41, 5.74) is 4.11. The monoisotopic (exact) mass is 523 g/mol. The SMILES string of the molecule is COc1ccccc1S(=O)(=O)Cc1cc(C)cc(OC2CN(C(=O)c3cc(C)ccc3C)CC2OC)c1. The van der Waals surface area contributed by atoms with Crippen LogP contribution in [-0.2, 0) is 20.3 Å². The van der Waals surface area contributed by atoms with Crippen molar-refractivity contribution in [1.82, 2.24) is 4.90 Å². The highest BCUT2D eigenvalue weighted by molar-refractivity contribution is 7.90. The van der Waals surface area contributed by atoms with Crippen LogP contribution in [0.15, 0.2) is 65.6 Å². The fraction of sp³-hybridized carbons (Fsp3) is 0.345. The Hall–Kier alpha value is -3.36. The predicted molar refractivity (Wildman–Crippen MR) is 142 cm³/mol. The van der Waals surface area contributed by atoms with Crippen molar-refractivity contribution in [1.29, 1.82) is 0 Å². The maximum Gasteiger partial charge on any atom is 0.254 e. The number of benzene rings is 3. The Balaban J connectivity index is 1.53. The zero-order chi connectivity index (χ0) is 26.7. The van der Waals surface area contributed by atoms with Crippen molar-refractivity contribution in [3.05, 3.63) is 88.5 Å². The summed E-state index contributed by atoms with van der Waals surface area (Å²) in [4.78, 5) is 15.2. The van der Waals surface area contributed by atoms with Gasteiger partial charge in [0.2, 0.25) is 0 Å². The van der Waals surface area contributed by atoms with Gasteiger partial charge in [0.25, 0.3) is 5.91 Å². The van der Waals surface area contributed by atoms with Gasteiger partial charge in [-0.25, -0.2) is 8.42 Å². The molecule has 2 unspecified atom stereocenters. The Bertz CT molecular complexity index is 1400. The molecule has 3 aromatic rings. The third kappa shape index (κ3) is 5.97. The number of methoxy groups -OCH3 is 2. The molecular formula is C29H33NO6S. The van der Waals surface area contributed by atoms with Gasteiger partial charge < -0.3 is 19.1 Å². The average Bonchev–Trinajstić information content (AvgIpc) is 3.27. The van der Waals surface area contributed by atoms with Crippen molar-refractivity contribution in [3.63, 3.8) is 0 Å². The lowest BCUT2D eigenvalue weighted by atomic mass is 10.0. The summed E-state index contributed by atoms with van der Waals surface area (Å²) >= 11 is 0. The number of carbonyl (C=O) groups excluding carboxylic acids is 1. The molecule has 1 aliphatic rings. The van der Waals surface area contributed by atoms with Gasteiger partial charge in [0.15, 0.2) is 9.84 Å². The van der Waals surface area contributed by atoms with E-state index < -0.39 is 9.84 Å². The van der Waals surface area contributed by atoms with Gasteiger partial charge in [-0.3, -0.25) is 4.79 Å². The maximum absolute atomic E-state index is 13.3. The lowest BCUT2D eigenvalue weighted by molar-refractivity contribution is 0.0339. The molecule has 2 atom stereocenters. The topological polar surface area (TPSA) is 82.1 Å². The van der Waals surface area contributed by atoms with E-state index in [-0.39, 0.29) is 28.8 Å². The van der Waals surface area contributed by atoms with Gasteiger partial charge in [0, 0.05) is 12.7 Å². The van der Waals surface area contributed by atoms with E-state index in [4.69, 9.17) is 14.2 Å². The zero-order valence-electron chi connectivity index (χ0n) is 21.9. The lowest BCUT2D eigenvalue weighted by Gasteiger charge is -2.20. The van der Waals surface area contributed by atoms with Crippen LogP contribution < -0.4 is 9.47 Å². The first-order valence-corrected chi connectivity index (χ1v) is 13.8. The number of nitrogens with zero attached hydrogens (tertiary/aromatic N) is 1. The molecule has 1 heterocycles. The number of ether oxygens (including phenoxy) is 3. The molecule has 3 aromatic carbocycles. The number of hydrogen-bond donors (Lipinski definition) is 0. The van der Waals surface area contributed by atoms with E-state index in [1.54, 1.807) is 42.3 Å². The predicted octanol–water partition coefficient (Wildman–Crippen LogP) is 4.51. The summed E-state index contributed by atoms with van der Waals surface area (Å²) in [6, 6.07) is 17.9. The Kier molecular flexibility index (Phi) is 7.90. The second kappa shape index (κ2) is 10.9. The number of hydrogen-bond acceptors (Lipinski definition) is 6. The molecule has 1 saturated heterocycles. The minimum Gasteiger partial charge on any atom is -0.495 e. The molecule has 1 amide bonds. The van der Waals surface area contributed by atoms with Gasteiger partial charge in [0.05, 0.1) is 26.0 Å². The van der Waals surface area contributed by atoms with Crippen LogP contribution in [0.3, 0.4) is 0 Å². The van der Waals surface area contributed by atoms with Gasteiger partial charge in [0.1, 0.15) is 28.6 Å². The number of carbonyl (C=O) groups is 1. The normalized spacial score (nSPS) is 17.6. The van der Waals surface area contributed by atoms with E-state index in [1.807, 2.05) is 51.1 Å². The van der Waals surface area contributed by atoms with Crippen molar-refractivity contribution in [2.75, 3.05) is 27.3 Å². The van der Waals surface area contributed by atoms with E-state index in [0.29, 0.717) is 35.7 Å². The first kappa shape index (κ1) is 26.7. The largest absolute Gasteiger partial charge is 0.495 e. The van der Waals surface area contributed by atoms with Crippen molar-refractivity contribution in [2.24, 2.45) is 0 Å². The quantitative estimate of drug-likeness (QED) is 0.432. The average molecular weight is 524 g/mol. The molecule has 0 N–H and O–H groups in total. The fourth-order valence-corrected chi connectivity index (χ4v) is 6.21. The van der Waals surface area contributed by atoms with Gasteiger partial charge in [-0.05, 0) is 67.8 Å². The van der Waals surface area contributed by atoms with E-state index in [0.717, 1.165) is 16.7 Å². The Morgan fingerprint density at radius 2 is 1.65 bits per heavy atom.